The van der Waals surface area contributed by atoms with Gasteiger partial charge in [-0.3, -0.25) is 0 Å². The zero-order valence-electron chi connectivity index (χ0n) is 7.81. The third kappa shape index (κ3) is 1.82. The lowest BCUT2D eigenvalue weighted by Crippen LogP contribution is -2.01. The molecule has 0 saturated carbocycles. The minimum Gasteiger partial charge on any atom is -0.385 e. The van der Waals surface area contributed by atoms with Crippen molar-refractivity contribution in [2.75, 3.05) is 11.9 Å². The van der Waals surface area contributed by atoms with E-state index in [9.17, 15) is 4.39 Å². The fourth-order valence-electron chi connectivity index (χ4n) is 1.83. The van der Waals surface area contributed by atoms with E-state index in [2.05, 4.69) is 12.2 Å². The van der Waals surface area contributed by atoms with Gasteiger partial charge in [-0.25, -0.2) is 4.39 Å². The van der Waals surface area contributed by atoms with Crippen LogP contribution in [-0.2, 0) is 6.42 Å². The van der Waals surface area contributed by atoms with Crippen LogP contribution in [0.2, 0.25) is 0 Å². The minimum atomic E-state index is -0.130. The first-order chi connectivity index (χ1) is 6.25. The Hall–Kier alpha value is -1.05. The van der Waals surface area contributed by atoms with E-state index < -0.39 is 0 Å². The van der Waals surface area contributed by atoms with E-state index in [1.165, 1.54) is 6.07 Å². The molecule has 0 fully saturated rings. The number of anilines is 1. The lowest BCUT2D eigenvalue weighted by Gasteiger charge is -2.07. The number of hydrogen-bond donors (Lipinski definition) is 1. The maximum Gasteiger partial charge on any atom is 0.123 e. The number of benzene rings is 1. The van der Waals surface area contributed by atoms with E-state index in [0.29, 0.717) is 5.92 Å². The van der Waals surface area contributed by atoms with Crippen molar-refractivity contribution < 1.29 is 4.39 Å². The fourth-order valence-corrected chi connectivity index (χ4v) is 1.83. The highest BCUT2D eigenvalue weighted by atomic mass is 19.1. The van der Waals surface area contributed by atoms with Gasteiger partial charge in [-0.05, 0) is 42.5 Å². The molecule has 0 saturated heterocycles. The van der Waals surface area contributed by atoms with Crippen molar-refractivity contribution in [3.63, 3.8) is 0 Å². The van der Waals surface area contributed by atoms with Crippen LogP contribution in [0.4, 0.5) is 10.1 Å². The summed E-state index contributed by atoms with van der Waals surface area (Å²) in [6, 6.07) is 4.99. The zero-order chi connectivity index (χ0) is 9.26. The molecule has 0 radical (unpaired) electrons. The second-order valence-electron chi connectivity index (χ2n) is 3.83. The van der Waals surface area contributed by atoms with E-state index in [0.717, 1.165) is 30.6 Å². The predicted molar refractivity (Wildman–Crippen MR) is 52.4 cm³/mol. The Morgan fingerprint density at radius 2 is 2.31 bits per heavy atom. The molecule has 70 valence electrons. The predicted octanol–water partition coefficient (Wildman–Crippen LogP) is 2.82. The van der Waals surface area contributed by atoms with Crippen molar-refractivity contribution in [1.29, 1.82) is 0 Å². The molecular weight excluding hydrogens is 165 g/mol. The number of nitrogens with one attached hydrogen (secondary N) is 1. The Balaban J connectivity index is 2.35. The molecule has 2 heteroatoms. The van der Waals surface area contributed by atoms with Gasteiger partial charge in [0, 0.05) is 12.2 Å². The van der Waals surface area contributed by atoms with Crippen LogP contribution in [0.25, 0.3) is 0 Å². The normalized spacial score (nSPS) is 21.5. The molecule has 1 unspecified atom stereocenters. The van der Waals surface area contributed by atoms with Gasteiger partial charge in [-0.2, -0.15) is 0 Å². The van der Waals surface area contributed by atoms with E-state index in [-0.39, 0.29) is 5.82 Å². The summed E-state index contributed by atoms with van der Waals surface area (Å²) in [7, 11) is 0. The molecular formula is C11H14FN. The maximum absolute atomic E-state index is 12.9. The summed E-state index contributed by atoms with van der Waals surface area (Å²) in [5.41, 5.74) is 2.22. The smallest absolute Gasteiger partial charge is 0.123 e. The van der Waals surface area contributed by atoms with Crippen molar-refractivity contribution in [2.24, 2.45) is 5.92 Å². The van der Waals surface area contributed by atoms with Gasteiger partial charge in [0.25, 0.3) is 0 Å². The molecule has 0 bridgehead atoms. The standard InChI is InChI=1S/C11H14FN/c1-8-4-5-13-11-3-2-10(12)7-9(11)6-8/h2-3,7-8,13H,4-6H2,1H3. The van der Waals surface area contributed by atoms with E-state index >= 15 is 0 Å². The fraction of sp³-hybridized carbons (Fsp3) is 0.455. The monoisotopic (exact) mass is 179 g/mol. The largest absolute Gasteiger partial charge is 0.385 e. The summed E-state index contributed by atoms with van der Waals surface area (Å²) in [5, 5.41) is 3.32. The molecule has 1 atom stereocenters. The van der Waals surface area contributed by atoms with Gasteiger partial charge in [0.05, 0.1) is 0 Å². The Kier molecular flexibility index (Phi) is 2.21. The highest BCUT2D eigenvalue weighted by Crippen LogP contribution is 2.24. The van der Waals surface area contributed by atoms with Crippen molar-refractivity contribution >= 4 is 5.69 Å². The summed E-state index contributed by atoms with van der Waals surface area (Å²) in [4.78, 5) is 0. The molecule has 1 aliphatic heterocycles. The molecule has 1 heterocycles. The first kappa shape index (κ1) is 8.54. The van der Waals surface area contributed by atoms with Gasteiger partial charge >= 0.3 is 0 Å². The quantitative estimate of drug-likeness (QED) is 0.645. The lowest BCUT2D eigenvalue weighted by molar-refractivity contribution is 0.555. The molecule has 13 heavy (non-hydrogen) atoms. The van der Waals surface area contributed by atoms with Gasteiger partial charge in [-0.15, -0.1) is 0 Å². The average Bonchev–Trinajstić information content (AvgIpc) is 2.25. The Labute approximate surface area is 78.0 Å². The molecule has 0 aliphatic carbocycles. The molecule has 1 aromatic rings. The second kappa shape index (κ2) is 3.36. The van der Waals surface area contributed by atoms with Crippen LogP contribution >= 0.6 is 0 Å². The van der Waals surface area contributed by atoms with Crippen LogP contribution in [0.15, 0.2) is 18.2 Å². The minimum absolute atomic E-state index is 0.130. The molecule has 0 aromatic heterocycles. The van der Waals surface area contributed by atoms with Gasteiger partial charge in [0.1, 0.15) is 5.82 Å². The summed E-state index contributed by atoms with van der Waals surface area (Å²) < 4.78 is 12.9. The Morgan fingerprint density at radius 1 is 1.46 bits per heavy atom. The third-order valence-corrected chi connectivity index (χ3v) is 2.59. The van der Waals surface area contributed by atoms with Gasteiger partial charge in [-0.1, -0.05) is 6.92 Å². The number of halogens is 1. The lowest BCUT2D eigenvalue weighted by atomic mass is 9.99. The van der Waals surface area contributed by atoms with E-state index in [1.807, 2.05) is 6.07 Å². The maximum atomic E-state index is 12.9. The number of hydrogen-bond acceptors (Lipinski definition) is 1. The van der Waals surface area contributed by atoms with Crippen LogP contribution in [0.3, 0.4) is 0 Å². The van der Waals surface area contributed by atoms with Crippen LogP contribution in [0.5, 0.6) is 0 Å². The molecule has 1 aromatic carbocycles. The Morgan fingerprint density at radius 3 is 3.15 bits per heavy atom. The third-order valence-electron chi connectivity index (χ3n) is 2.59. The molecule has 2 rings (SSSR count). The van der Waals surface area contributed by atoms with Crippen LogP contribution in [0, 0.1) is 11.7 Å². The van der Waals surface area contributed by atoms with Crippen molar-refractivity contribution in [3.8, 4) is 0 Å². The van der Waals surface area contributed by atoms with E-state index in [4.69, 9.17) is 0 Å². The van der Waals surface area contributed by atoms with Crippen LogP contribution in [-0.4, -0.2) is 6.54 Å². The van der Waals surface area contributed by atoms with Gasteiger partial charge in [0.2, 0.25) is 0 Å². The Bertz CT molecular complexity index is 309. The highest BCUT2D eigenvalue weighted by Gasteiger charge is 2.12. The molecule has 1 N–H and O–H groups in total. The summed E-state index contributed by atoms with van der Waals surface area (Å²) >= 11 is 0. The van der Waals surface area contributed by atoms with Crippen LogP contribution < -0.4 is 5.32 Å². The van der Waals surface area contributed by atoms with Crippen molar-refractivity contribution in [1.82, 2.24) is 0 Å². The van der Waals surface area contributed by atoms with Crippen LogP contribution in [0.1, 0.15) is 18.9 Å². The summed E-state index contributed by atoms with van der Waals surface area (Å²) in [6.45, 7) is 3.21. The summed E-state index contributed by atoms with van der Waals surface area (Å²) in [5.74, 6) is 0.519. The van der Waals surface area contributed by atoms with Gasteiger partial charge in [0.15, 0.2) is 0 Å². The first-order valence-electron chi connectivity index (χ1n) is 4.78. The van der Waals surface area contributed by atoms with E-state index in [1.54, 1.807) is 6.07 Å². The number of fused-ring (bicyclic) bond motifs is 1. The molecule has 0 amide bonds. The van der Waals surface area contributed by atoms with Crippen molar-refractivity contribution in [3.05, 3.63) is 29.6 Å². The SMILES string of the molecule is CC1CCNc2ccc(F)cc2C1. The number of rotatable bonds is 0. The van der Waals surface area contributed by atoms with Crippen molar-refractivity contribution in [2.45, 2.75) is 19.8 Å². The first-order valence-corrected chi connectivity index (χ1v) is 4.78. The highest BCUT2D eigenvalue weighted by molar-refractivity contribution is 5.52. The topological polar surface area (TPSA) is 12.0 Å². The zero-order valence-corrected chi connectivity index (χ0v) is 7.81. The average molecular weight is 179 g/mol. The molecule has 1 nitrogen and oxygen atoms in total. The summed E-state index contributed by atoms with van der Waals surface area (Å²) in [6.07, 6.45) is 2.15. The molecule has 0 spiro atoms. The van der Waals surface area contributed by atoms with Gasteiger partial charge < -0.3 is 5.32 Å². The molecule has 1 aliphatic rings. The second-order valence-corrected chi connectivity index (χ2v) is 3.83.